The van der Waals surface area contributed by atoms with Crippen LogP contribution in [-0.2, 0) is 6.42 Å². The van der Waals surface area contributed by atoms with Gasteiger partial charge in [0.15, 0.2) is 5.82 Å². The Bertz CT molecular complexity index is 1560. The Kier molecular flexibility index (Phi) is 8.66. The Hall–Kier alpha value is -4.59. The van der Waals surface area contributed by atoms with Gasteiger partial charge in [-0.1, -0.05) is 32.6 Å². The Balaban J connectivity index is 1.66. The van der Waals surface area contributed by atoms with Gasteiger partial charge in [0.25, 0.3) is 0 Å². The van der Waals surface area contributed by atoms with Gasteiger partial charge in [-0.05, 0) is 62.2 Å². The predicted octanol–water partition coefficient (Wildman–Crippen LogP) is 7.24. The van der Waals surface area contributed by atoms with E-state index in [1.165, 1.54) is 18.3 Å². The fourth-order valence-electron chi connectivity index (χ4n) is 4.23. The molecule has 0 atom stereocenters. The van der Waals surface area contributed by atoms with Crippen LogP contribution in [0.3, 0.4) is 0 Å². The summed E-state index contributed by atoms with van der Waals surface area (Å²) in [5, 5.41) is 3.25. The highest BCUT2D eigenvalue weighted by atomic mass is 19.1. The zero-order valence-electron chi connectivity index (χ0n) is 22.2. The van der Waals surface area contributed by atoms with Crippen LogP contribution in [0.15, 0.2) is 85.5 Å². The Morgan fingerprint density at radius 3 is 2.62 bits per heavy atom. The lowest BCUT2D eigenvalue weighted by atomic mass is 10.0. The summed E-state index contributed by atoms with van der Waals surface area (Å²) < 4.78 is 29.3. The highest BCUT2D eigenvalue weighted by molar-refractivity contribution is 5.89. The number of hydrogen-bond acceptors (Lipinski definition) is 5. The summed E-state index contributed by atoms with van der Waals surface area (Å²) in [6.07, 6.45) is 11.4. The lowest BCUT2D eigenvalue weighted by Gasteiger charge is -2.13. The van der Waals surface area contributed by atoms with Crippen molar-refractivity contribution in [3.8, 4) is 11.3 Å². The Morgan fingerprint density at radius 1 is 1.15 bits per heavy atom. The standard InChI is InChI=1S/C31H32F2N6/c1-5-8-9-19(4)37-23(7-3)16-20(6-2)29-28(33)24(25(34)18-36-29)17-27-38-26-14-15-35-30(31(26)39-27)21-10-12-22(32)13-11-21/h6-7,10-16,18,37H,3-5,8-9,17,34H2,1-2H3,(H,38,39)/b20-6+,23-16+. The second-order valence-electron chi connectivity index (χ2n) is 9.16. The third kappa shape index (κ3) is 6.29. The van der Waals surface area contributed by atoms with Crippen LogP contribution in [0.1, 0.15) is 50.2 Å². The van der Waals surface area contributed by atoms with Crippen molar-refractivity contribution in [1.29, 1.82) is 0 Å². The van der Waals surface area contributed by atoms with Crippen molar-refractivity contribution in [2.75, 3.05) is 5.73 Å². The molecule has 4 aromatic rings. The molecule has 6 nitrogen and oxygen atoms in total. The number of nitrogens with one attached hydrogen (secondary N) is 2. The first-order valence-electron chi connectivity index (χ1n) is 12.8. The third-order valence-corrected chi connectivity index (χ3v) is 6.33. The Morgan fingerprint density at radius 2 is 1.92 bits per heavy atom. The number of benzene rings is 1. The van der Waals surface area contributed by atoms with Crippen LogP contribution in [0.4, 0.5) is 14.5 Å². The second-order valence-corrected chi connectivity index (χ2v) is 9.16. The van der Waals surface area contributed by atoms with E-state index in [1.807, 2.05) is 6.92 Å². The van der Waals surface area contributed by atoms with E-state index < -0.39 is 5.82 Å². The smallest absolute Gasteiger partial charge is 0.155 e. The predicted molar refractivity (Wildman–Crippen MR) is 154 cm³/mol. The molecule has 39 heavy (non-hydrogen) atoms. The van der Waals surface area contributed by atoms with Crippen molar-refractivity contribution in [2.45, 2.75) is 39.5 Å². The van der Waals surface area contributed by atoms with Crippen molar-refractivity contribution < 1.29 is 8.78 Å². The number of aromatic nitrogens is 4. The van der Waals surface area contributed by atoms with E-state index in [0.29, 0.717) is 28.3 Å². The van der Waals surface area contributed by atoms with E-state index >= 15 is 4.39 Å². The largest absolute Gasteiger partial charge is 0.397 e. The molecule has 200 valence electrons. The first-order valence-corrected chi connectivity index (χ1v) is 12.8. The summed E-state index contributed by atoms with van der Waals surface area (Å²) in [7, 11) is 0. The molecule has 1 aromatic carbocycles. The minimum atomic E-state index is -0.523. The number of H-pyrrole nitrogens is 1. The maximum Gasteiger partial charge on any atom is 0.155 e. The molecule has 0 spiro atoms. The fourth-order valence-corrected chi connectivity index (χ4v) is 4.23. The molecule has 0 aliphatic carbocycles. The van der Waals surface area contributed by atoms with E-state index in [9.17, 15) is 4.39 Å². The van der Waals surface area contributed by atoms with Gasteiger partial charge in [-0.15, -0.1) is 0 Å². The van der Waals surface area contributed by atoms with Crippen molar-refractivity contribution >= 4 is 22.3 Å². The molecular weight excluding hydrogens is 494 g/mol. The first-order chi connectivity index (χ1) is 18.8. The third-order valence-electron chi connectivity index (χ3n) is 6.33. The maximum atomic E-state index is 15.9. The molecule has 3 aromatic heterocycles. The number of fused-ring (bicyclic) bond motifs is 1. The number of allylic oxidation sites excluding steroid dienone is 5. The number of nitrogens with two attached hydrogens (primary N) is 1. The fraction of sp³-hybridized carbons (Fsp3) is 0.194. The Labute approximate surface area is 227 Å². The van der Waals surface area contributed by atoms with Crippen LogP contribution in [0.25, 0.3) is 27.9 Å². The van der Waals surface area contributed by atoms with Gasteiger partial charge in [-0.3, -0.25) is 9.97 Å². The van der Waals surface area contributed by atoms with Crippen molar-refractivity contribution in [3.05, 3.63) is 114 Å². The molecule has 0 aliphatic rings. The van der Waals surface area contributed by atoms with E-state index in [0.717, 1.165) is 36.0 Å². The van der Waals surface area contributed by atoms with Crippen LogP contribution >= 0.6 is 0 Å². The maximum absolute atomic E-state index is 15.9. The molecule has 0 fully saturated rings. The van der Waals surface area contributed by atoms with Crippen LogP contribution in [0, 0.1) is 11.6 Å². The summed E-state index contributed by atoms with van der Waals surface area (Å²) in [4.78, 5) is 16.7. The summed E-state index contributed by atoms with van der Waals surface area (Å²) in [6, 6.07) is 7.84. The van der Waals surface area contributed by atoms with Gasteiger partial charge in [-0.2, -0.15) is 0 Å². The monoisotopic (exact) mass is 526 g/mol. The van der Waals surface area contributed by atoms with Gasteiger partial charge in [0.2, 0.25) is 0 Å². The summed E-state index contributed by atoms with van der Waals surface area (Å²) in [5.74, 6) is -0.340. The van der Waals surface area contributed by atoms with Crippen LogP contribution in [0.2, 0.25) is 0 Å². The zero-order chi connectivity index (χ0) is 27.9. The van der Waals surface area contributed by atoms with Crippen molar-refractivity contribution in [3.63, 3.8) is 0 Å². The van der Waals surface area contributed by atoms with Gasteiger partial charge in [0, 0.05) is 40.7 Å². The summed E-state index contributed by atoms with van der Waals surface area (Å²) in [6.45, 7) is 11.9. The topological polar surface area (TPSA) is 92.5 Å². The van der Waals surface area contributed by atoms with Crippen molar-refractivity contribution in [2.24, 2.45) is 0 Å². The number of unbranched alkanes of at least 4 members (excludes halogenated alkanes) is 1. The number of halogens is 2. The van der Waals surface area contributed by atoms with Crippen LogP contribution in [0.5, 0.6) is 0 Å². The number of imidazole rings is 1. The molecule has 0 bridgehead atoms. The lowest BCUT2D eigenvalue weighted by Crippen LogP contribution is -2.11. The van der Waals surface area contributed by atoms with E-state index in [-0.39, 0.29) is 29.2 Å². The van der Waals surface area contributed by atoms with Crippen LogP contribution < -0.4 is 11.1 Å². The quantitative estimate of drug-likeness (QED) is 0.179. The average Bonchev–Trinajstić information content (AvgIpc) is 3.36. The number of anilines is 1. The molecule has 0 saturated carbocycles. The molecular formula is C31H32F2N6. The SMILES string of the molecule is C=C/C(=C\C(=C/C)c1ncc(N)c(Cc2nc3c(-c4ccc(F)cc4)nccc3[nH]2)c1F)NC(=C)CCCC. The molecule has 8 heteroatoms. The van der Waals surface area contributed by atoms with Crippen molar-refractivity contribution in [1.82, 2.24) is 25.3 Å². The summed E-state index contributed by atoms with van der Waals surface area (Å²) in [5.41, 5.74) is 11.7. The zero-order valence-corrected chi connectivity index (χ0v) is 22.2. The molecule has 0 radical (unpaired) electrons. The first kappa shape index (κ1) is 27.4. The molecule has 4 rings (SSSR count). The number of nitrogens with zero attached hydrogens (tertiary/aromatic N) is 3. The molecule has 0 aliphatic heterocycles. The molecule has 3 heterocycles. The number of aromatic amines is 1. The number of pyridine rings is 2. The summed E-state index contributed by atoms with van der Waals surface area (Å²) >= 11 is 0. The lowest BCUT2D eigenvalue weighted by molar-refractivity contribution is 0.603. The molecule has 0 saturated heterocycles. The van der Waals surface area contributed by atoms with Crippen LogP contribution in [-0.4, -0.2) is 19.9 Å². The van der Waals surface area contributed by atoms with Gasteiger partial charge in [0.05, 0.1) is 23.1 Å². The number of nitrogen functional groups attached to an aromatic ring is 1. The molecule has 0 unspecified atom stereocenters. The highest BCUT2D eigenvalue weighted by Gasteiger charge is 2.19. The van der Waals surface area contributed by atoms with Gasteiger partial charge < -0.3 is 16.0 Å². The van der Waals surface area contributed by atoms with E-state index in [2.05, 4.69) is 45.3 Å². The van der Waals surface area contributed by atoms with E-state index in [1.54, 1.807) is 42.6 Å². The van der Waals surface area contributed by atoms with Gasteiger partial charge >= 0.3 is 0 Å². The average molecular weight is 527 g/mol. The normalized spacial score (nSPS) is 12.1. The van der Waals surface area contributed by atoms with E-state index in [4.69, 9.17) is 5.73 Å². The van der Waals surface area contributed by atoms with Gasteiger partial charge in [-0.25, -0.2) is 13.8 Å². The highest BCUT2D eigenvalue weighted by Crippen LogP contribution is 2.29. The molecule has 0 amide bonds. The second kappa shape index (κ2) is 12.3. The minimum absolute atomic E-state index is 0.117. The molecule has 4 N–H and O–H groups in total. The van der Waals surface area contributed by atoms with Gasteiger partial charge in [0.1, 0.15) is 22.9 Å². The number of rotatable bonds is 11. The minimum Gasteiger partial charge on any atom is -0.397 e. The number of hydrogen-bond donors (Lipinski definition) is 3.